The summed E-state index contributed by atoms with van der Waals surface area (Å²) in [7, 11) is 0. The van der Waals surface area contributed by atoms with Crippen LogP contribution in [0.3, 0.4) is 0 Å². The smallest absolute Gasteiger partial charge is 0.255 e. The molecule has 2 heterocycles. The Hall–Kier alpha value is -2.89. The third-order valence-electron chi connectivity index (χ3n) is 6.28. The van der Waals surface area contributed by atoms with Gasteiger partial charge in [-0.2, -0.15) is 0 Å². The minimum Gasteiger partial charge on any atom is -0.355 e. The fourth-order valence-electron chi connectivity index (χ4n) is 4.20. The molecule has 5 nitrogen and oxygen atoms in total. The summed E-state index contributed by atoms with van der Waals surface area (Å²) in [6.45, 7) is 11.2. The molecular formula is C28H33ClN4O. The molecule has 0 spiro atoms. The van der Waals surface area contributed by atoms with E-state index in [1.54, 1.807) is 6.20 Å². The molecule has 0 saturated carbocycles. The van der Waals surface area contributed by atoms with E-state index in [1.165, 1.54) is 11.1 Å². The van der Waals surface area contributed by atoms with Gasteiger partial charge in [-0.1, -0.05) is 62.7 Å². The molecule has 0 aliphatic carbocycles. The Kier molecular flexibility index (Phi) is 7.54. The molecule has 1 aliphatic heterocycles. The lowest BCUT2D eigenvalue weighted by atomic mass is 9.87. The molecule has 1 aliphatic rings. The highest BCUT2D eigenvalue weighted by molar-refractivity contribution is 6.31. The quantitative estimate of drug-likeness (QED) is 0.490. The molecule has 0 bridgehead atoms. The van der Waals surface area contributed by atoms with Crippen molar-refractivity contribution in [1.29, 1.82) is 0 Å². The first kappa shape index (κ1) is 24.2. The molecule has 1 amide bonds. The Morgan fingerprint density at radius 2 is 1.74 bits per heavy atom. The summed E-state index contributed by atoms with van der Waals surface area (Å²) in [6.07, 6.45) is 2.80. The fraction of sp³-hybridized carbons (Fsp3) is 0.357. The van der Waals surface area contributed by atoms with E-state index >= 15 is 0 Å². The topological polar surface area (TPSA) is 48.5 Å². The Balaban J connectivity index is 1.33. The van der Waals surface area contributed by atoms with Crippen molar-refractivity contribution < 1.29 is 4.79 Å². The van der Waals surface area contributed by atoms with Crippen LogP contribution in [-0.2, 0) is 12.0 Å². The van der Waals surface area contributed by atoms with Crippen LogP contribution in [0.4, 0.5) is 11.5 Å². The van der Waals surface area contributed by atoms with Crippen molar-refractivity contribution in [3.63, 3.8) is 0 Å². The summed E-state index contributed by atoms with van der Waals surface area (Å²) in [6, 6.07) is 19.8. The van der Waals surface area contributed by atoms with E-state index < -0.39 is 0 Å². The van der Waals surface area contributed by atoms with Crippen LogP contribution in [0, 0.1) is 0 Å². The molecule has 34 heavy (non-hydrogen) atoms. The number of amides is 1. The van der Waals surface area contributed by atoms with E-state index in [4.69, 9.17) is 11.6 Å². The summed E-state index contributed by atoms with van der Waals surface area (Å²) in [5, 5.41) is 3.78. The van der Waals surface area contributed by atoms with Crippen LogP contribution in [0.25, 0.3) is 0 Å². The second kappa shape index (κ2) is 10.6. The number of carbonyl (C=O) groups excluding carboxylic acids is 1. The number of benzene rings is 2. The van der Waals surface area contributed by atoms with E-state index in [9.17, 15) is 4.79 Å². The number of halogens is 1. The van der Waals surface area contributed by atoms with Crippen LogP contribution in [0.2, 0.25) is 5.02 Å². The fourth-order valence-corrected chi connectivity index (χ4v) is 4.39. The van der Waals surface area contributed by atoms with E-state index in [-0.39, 0.29) is 11.3 Å². The Morgan fingerprint density at radius 3 is 2.41 bits per heavy atom. The second-order valence-corrected chi connectivity index (χ2v) is 10.3. The predicted octanol–water partition coefficient (Wildman–Crippen LogP) is 6.00. The molecule has 1 N–H and O–H groups in total. The number of aromatic nitrogens is 1. The van der Waals surface area contributed by atoms with Gasteiger partial charge in [0, 0.05) is 43.3 Å². The summed E-state index contributed by atoms with van der Waals surface area (Å²) < 4.78 is 0. The van der Waals surface area contributed by atoms with Gasteiger partial charge in [-0.3, -0.25) is 9.69 Å². The standard InChI is InChI=1S/C28H33ClN4O/c1-28(2,3)23-11-9-21(10-12-23)27(34)31-24-13-14-26(30-19-24)33-16-6-15-32(17-18-33)20-22-7-4-5-8-25(22)29/h4-5,7-14,19H,6,15-18,20H2,1-3H3,(H,31,34). The monoisotopic (exact) mass is 476 g/mol. The maximum Gasteiger partial charge on any atom is 0.255 e. The van der Waals surface area contributed by atoms with Gasteiger partial charge in [-0.15, -0.1) is 0 Å². The predicted molar refractivity (Wildman–Crippen MR) is 141 cm³/mol. The van der Waals surface area contributed by atoms with Crippen LogP contribution in [0.5, 0.6) is 0 Å². The van der Waals surface area contributed by atoms with Crippen LogP contribution >= 0.6 is 11.6 Å². The van der Waals surface area contributed by atoms with E-state index in [1.807, 2.05) is 54.6 Å². The molecule has 0 atom stereocenters. The SMILES string of the molecule is CC(C)(C)c1ccc(C(=O)Nc2ccc(N3CCCN(Cc4ccccc4Cl)CC3)nc2)cc1. The maximum absolute atomic E-state index is 12.7. The number of hydrogen-bond acceptors (Lipinski definition) is 4. The lowest BCUT2D eigenvalue weighted by Crippen LogP contribution is -2.31. The molecule has 6 heteroatoms. The number of anilines is 2. The Labute approximate surface area is 207 Å². The van der Waals surface area contributed by atoms with E-state index in [0.29, 0.717) is 11.3 Å². The molecule has 4 rings (SSSR count). The zero-order chi connectivity index (χ0) is 24.1. The number of rotatable bonds is 5. The van der Waals surface area contributed by atoms with Gasteiger partial charge in [0.1, 0.15) is 5.82 Å². The number of nitrogens with one attached hydrogen (secondary N) is 1. The molecule has 1 saturated heterocycles. The maximum atomic E-state index is 12.7. The van der Waals surface area contributed by atoms with Crippen molar-refractivity contribution in [2.24, 2.45) is 0 Å². The van der Waals surface area contributed by atoms with Gasteiger partial charge in [0.05, 0.1) is 11.9 Å². The van der Waals surface area contributed by atoms with Crippen LogP contribution < -0.4 is 10.2 Å². The Bertz CT molecular complexity index is 1110. The number of carbonyl (C=O) groups is 1. The first-order chi connectivity index (χ1) is 16.3. The third-order valence-corrected chi connectivity index (χ3v) is 6.65. The van der Waals surface area contributed by atoms with E-state index in [0.717, 1.165) is 50.0 Å². The minimum absolute atomic E-state index is 0.0632. The van der Waals surface area contributed by atoms with E-state index in [2.05, 4.69) is 46.9 Å². The lowest BCUT2D eigenvalue weighted by Gasteiger charge is -2.23. The number of nitrogens with zero attached hydrogens (tertiary/aromatic N) is 3. The van der Waals surface area contributed by atoms with Crippen molar-refractivity contribution >= 4 is 29.0 Å². The molecule has 0 radical (unpaired) electrons. The lowest BCUT2D eigenvalue weighted by molar-refractivity contribution is 0.102. The largest absolute Gasteiger partial charge is 0.355 e. The normalized spacial score (nSPS) is 15.1. The Morgan fingerprint density at radius 1 is 0.971 bits per heavy atom. The molecular weight excluding hydrogens is 444 g/mol. The average Bonchev–Trinajstić information content (AvgIpc) is 3.06. The highest BCUT2D eigenvalue weighted by Gasteiger charge is 2.18. The summed E-state index contributed by atoms with van der Waals surface area (Å²) in [5.41, 5.74) is 3.78. The molecule has 3 aromatic rings. The van der Waals surface area contributed by atoms with Crippen LogP contribution in [-0.4, -0.2) is 42.0 Å². The first-order valence-electron chi connectivity index (χ1n) is 11.9. The van der Waals surface area contributed by atoms with Crippen LogP contribution in [0.15, 0.2) is 66.9 Å². The highest BCUT2D eigenvalue weighted by Crippen LogP contribution is 2.23. The summed E-state index contributed by atoms with van der Waals surface area (Å²) in [5.74, 6) is 0.812. The molecule has 2 aromatic carbocycles. The van der Waals surface area contributed by atoms with Gasteiger partial charge in [-0.05, 0) is 53.3 Å². The van der Waals surface area contributed by atoms with Gasteiger partial charge in [0.2, 0.25) is 0 Å². The number of pyridine rings is 1. The molecule has 0 unspecified atom stereocenters. The van der Waals surface area contributed by atoms with Gasteiger partial charge in [0.15, 0.2) is 0 Å². The minimum atomic E-state index is -0.125. The molecule has 178 valence electrons. The summed E-state index contributed by atoms with van der Waals surface area (Å²) in [4.78, 5) is 22.0. The van der Waals surface area contributed by atoms with Crippen molar-refractivity contribution in [2.45, 2.75) is 39.2 Å². The second-order valence-electron chi connectivity index (χ2n) is 9.89. The van der Waals surface area contributed by atoms with Crippen molar-refractivity contribution in [2.75, 3.05) is 36.4 Å². The zero-order valence-electron chi connectivity index (χ0n) is 20.2. The molecule has 1 aromatic heterocycles. The van der Waals surface area contributed by atoms with Crippen molar-refractivity contribution in [3.8, 4) is 0 Å². The first-order valence-corrected chi connectivity index (χ1v) is 12.3. The van der Waals surface area contributed by atoms with Crippen molar-refractivity contribution in [1.82, 2.24) is 9.88 Å². The zero-order valence-corrected chi connectivity index (χ0v) is 21.0. The van der Waals surface area contributed by atoms with Crippen LogP contribution in [0.1, 0.15) is 48.7 Å². The van der Waals surface area contributed by atoms with Gasteiger partial charge in [-0.25, -0.2) is 4.98 Å². The average molecular weight is 477 g/mol. The van der Waals surface area contributed by atoms with Gasteiger partial charge in [0.25, 0.3) is 5.91 Å². The number of hydrogen-bond donors (Lipinski definition) is 1. The van der Waals surface area contributed by atoms with Crippen molar-refractivity contribution in [3.05, 3.63) is 88.6 Å². The van der Waals surface area contributed by atoms with Gasteiger partial charge >= 0.3 is 0 Å². The van der Waals surface area contributed by atoms with Gasteiger partial charge < -0.3 is 10.2 Å². The summed E-state index contributed by atoms with van der Waals surface area (Å²) >= 11 is 6.35. The highest BCUT2D eigenvalue weighted by atomic mass is 35.5. The molecule has 1 fully saturated rings. The third kappa shape index (κ3) is 6.16.